The van der Waals surface area contributed by atoms with Crippen molar-refractivity contribution in [2.24, 2.45) is 11.8 Å². The van der Waals surface area contributed by atoms with Crippen molar-refractivity contribution in [1.82, 2.24) is 10.6 Å². The summed E-state index contributed by atoms with van der Waals surface area (Å²) in [5.74, 6) is -0.155. The summed E-state index contributed by atoms with van der Waals surface area (Å²) in [7, 11) is 0. The minimum atomic E-state index is -0.0676. The fraction of sp³-hybridized carbons (Fsp3) is 0.857. The summed E-state index contributed by atoms with van der Waals surface area (Å²) >= 11 is 0. The second kappa shape index (κ2) is 13.7. The lowest BCUT2D eigenvalue weighted by Gasteiger charge is -2.28. The molecular weight excluding hydrogens is 360 g/mol. The molecule has 0 bridgehead atoms. The third-order valence-corrected chi connectivity index (χ3v) is 5.22. The number of Topliss-reactive ketones (excluding diaryl/α,β-unsaturated/α-hetero) is 1. The number of hydrogen-bond donors (Lipinski definition) is 2. The van der Waals surface area contributed by atoms with Crippen molar-refractivity contribution in [3.8, 4) is 0 Å². The predicted octanol–water partition coefficient (Wildman–Crippen LogP) is 2.72. The number of hydrogen-bond acceptors (Lipinski definition) is 5. The molecule has 1 unspecified atom stereocenters. The first-order valence-electron chi connectivity index (χ1n) is 10.6. The highest BCUT2D eigenvalue weighted by Gasteiger charge is 2.27. The van der Waals surface area contributed by atoms with Crippen molar-refractivity contribution in [2.45, 2.75) is 78.4 Å². The third kappa shape index (κ3) is 10.2. The first-order valence-corrected chi connectivity index (χ1v) is 10.6. The normalized spacial score (nSPS) is 20.6. The zero-order valence-electron chi connectivity index (χ0n) is 17.9. The van der Waals surface area contributed by atoms with E-state index in [1.54, 1.807) is 0 Å². The lowest BCUT2D eigenvalue weighted by atomic mass is 9.85. The number of amides is 2. The molecule has 1 fully saturated rings. The van der Waals surface area contributed by atoms with Crippen molar-refractivity contribution in [3.05, 3.63) is 0 Å². The van der Waals surface area contributed by atoms with E-state index in [1.165, 1.54) is 0 Å². The Morgan fingerprint density at radius 3 is 2.32 bits per heavy atom. The Balaban J connectivity index is 0. The average molecular weight is 403 g/mol. The van der Waals surface area contributed by atoms with Gasteiger partial charge in [-0.05, 0) is 39.0 Å². The summed E-state index contributed by atoms with van der Waals surface area (Å²) in [6, 6.07) is 0.114. The highest BCUT2D eigenvalue weighted by Crippen LogP contribution is 2.24. The molecule has 1 aliphatic rings. The van der Waals surface area contributed by atoms with Crippen molar-refractivity contribution in [3.63, 3.8) is 0 Å². The largest absolute Gasteiger partial charge is 0.379 e. The Bertz CT molecular complexity index is 498. The Morgan fingerprint density at radius 1 is 1.04 bits per heavy atom. The minimum Gasteiger partial charge on any atom is -0.379 e. The summed E-state index contributed by atoms with van der Waals surface area (Å²) < 4.78 is 10.9. The molecule has 28 heavy (non-hydrogen) atoms. The molecule has 2 amide bonds. The third-order valence-electron chi connectivity index (χ3n) is 5.22. The number of rotatable bonds is 13. The van der Waals surface area contributed by atoms with Crippen LogP contribution < -0.4 is 10.6 Å². The summed E-state index contributed by atoms with van der Waals surface area (Å²) in [5, 5.41) is 5.77. The summed E-state index contributed by atoms with van der Waals surface area (Å²) in [6.45, 7) is 9.29. The van der Waals surface area contributed by atoms with Crippen LogP contribution in [0.4, 0.5) is 0 Å². The molecule has 0 spiro atoms. The zero-order chi connectivity index (χ0) is 20.9. The van der Waals surface area contributed by atoms with E-state index < -0.39 is 0 Å². The van der Waals surface area contributed by atoms with Gasteiger partial charge in [-0.3, -0.25) is 14.4 Å². The van der Waals surface area contributed by atoms with Gasteiger partial charge < -0.3 is 20.1 Å². The highest BCUT2D eigenvalue weighted by molar-refractivity contribution is 5.88. The summed E-state index contributed by atoms with van der Waals surface area (Å²) in [5.41, 5.74) is 0. The molecule has 0 aliphatic heterocycles. The molecule has 7 nitrogen and oxygen atoms in total. The van der Waals surface area contributed by atoms with Gasteiger partial charge in [-0.1, -0.05) is 20.8 Å². The van der Waals surface area contributed by atoms with E-state index in [9.17, 15) is 14.4 Å². The molecule has 1 saturated carbocycles. The van der Waals surface area contributed by atoms with Gasteiger partial charge in [0.05, 0.1) is 32.5 Å². The van der Waals surface area contributed by atoms with Crippen molar-refractivity contribution >= 4 is 17.6 Å². The van der Waals surface area contributed by atoms with Crippen LogP contribution in [0.5, 0.6) is 0 Å². The van der Waals surface area contributed by atoms with Crippen LogP contribution in [0.1, 0.15) is 69.1 Å². The average Bonchev–Trinajstić information content (AvgIpc) is 2.68. The lowest BCUT2D eigenvalue weighted by Crippen LogP contribution is -2.42. The van der Waals surface area contributed by atoms with Gasteiger partial charge in [-0.25, -0.2) is 0 Å². The second-order valence-electron chi connectivity index (χ2n) is 7.91. The van der Waals surface area contributed by atoms with Gasteiger partial charge >= 0.3 is 0 Å². The fourth-order valence-corrected chi connectivity index (χ4v) is 3.02. The monoisotopic (exact) mass is 402 g/mol. The summed E-state index contributed by atoms with van der Waals surface area (Å²) in [4.78, 5) is 35.8. The molecule has 0 heterocycles. The van der Waals surface area contributed by atoms with Crippen LogP contribution in [0.25, 0.3) is 0 Å². The molecule has 1 rings (SSSR count). The minimum absolute atomic E-state index is 0. The van der Waals surface area contributed by atoms with Gasteiger partial charge in [0.15, 0.2) is 5.78 Å². The molecule has 0 aromatic carbocycles. The topological polar surface area (TPSA) is 93.7 Å². The van der Waals surface area contributed by atoms with Crippen LogP contribution in [0.3, 0.4) is 0 Å². The first-order chi connectivity index (χ1) is 13.3. The molecule has 2 N–H and O–H groups in total. The number of ether oxygens (including phenoxy) is 2. The van der Waals surface area contributed by atoms with E-state index in [1.807, 2.05) is 20.8 Å². The van der Waals surface area contributed by atoms with E-state index in [0.29, 0.717) is 26.2 Å². The van der Waals surface area contributed by atoms with Gasteiger partial charge in [-0.15, -0.1) is 0 Å². The maximum atomic E-state index is 12.2. The van der Waals surface area contributed by atoms with Gasteiger partial charge in [-0.2, -0.15) is 0 Å². The van der Waals surface area contributed by atoms with Crippen molar-refractivity contribution < 1.29 is 26.7 Å². The van der Waals surface area contributed by atoms with E-state index in [2.05, 4.69) is 17.6 Å². The maximum absolute atomic E-state index is 12.2. The van der Waals surface area contributed by atoms with Crippen LogP contribution in [0.15, 0.2) is 0 Å². The molecule has 7 heteroatoms. The van der Waals surface area contributed by atoms with E-state index in [0.717, 1.165) is 32.1 Å². The lowest BCUT2D eigenvalue weighted by molar-refractivity contribution is -0.129. The van der Waals surface area contributed by atoms with Gasteiger partial charge in [0.25, 0.3) is 0 Å². The van der Waals surface area contributed by atoms with Crippen molar-refractivity contribution in [1.29, 1.82) is 0 Å². The Morgan fingerprint density at radius 2 is 1.71 bits per heavy atom. The molecule has 0 aromatic heterocycles. The number of ketones is 1. The van der Waals surface area contributed by atoms with E-state index >= 15 is 0 Å². The van der Waals surface area contributed by atoms with E-state index in [4.69, 9.17) is 9.47 Å². The maximum Gasteiger partial charge on any atom is 0.223 e. The number of carbonyl (C=O) groups excluding carboxylic acids is 3. The molecule has 1 atom stereocenters. The van der Waals surface area contributed by atoms with Crippen LogP contribution in [-0.2, 0) is 23.9 Å². The molecular formula is C21H42N2O5. The van der Waals surface area contributed by atoms with Crippen LogP contribution >= 0.6 is 0 Å². The van der Waals surface area contributed by atoms with Gasteiger partial charge in [0.1, 0.15) is 0 Å². The summed E-state index contributed by atoms with van der Waals surface area (Å²) in [6.07, 6.45) is 4.58. The second-order valence-corrected chi connectivity index (χ2v) is 7.91. The zero-order valence-corrected chi connectivity index (χ0v) is 17.9. The first kappa shape index (κ1) is 24.6. The standard InChI is InChI=1S/C21H38N2O5.2H2/c1-5-16(4)28-13-12-27-11-10-20(25)23-18-8-6-17(7-9-18)21(26)22-14-19(24)15(2)3;;/h15-18H,5-14H2,1-4H3,(H,22,26)(H,23,25);2*1H. The Hall–Kier alpha value is -1.47. The Labute approximate surface area is 172 Å². The van der Waals surface area contributed by atoms with Crippen LogP contribution in [0.2, 0.25) is 0 Å². The van der Waals surface area contributed by atoms with Crippen LogP contribution in [0, 0.1) is 11.8 Å². The fourth-order valence-electron chi connectivity index (χ4n) is 3.02. The Kier molecular flexibility index (Phi) is 12.0. The highest BCUT2D eigenvalue weighted by atomic mass is 16.5. The molecule has 1 aliphatic carbocycles. The molecule has 166 valence electrons. The van der Waals surface area contributed by atoms with Crippen molar-refractivity contribution in [2.75, 3.05) is 26.4 Å². The SMILES string of the molecule is CCC(C)OCCOCCC(=O)NC1CCC(C(=O)NCC(=O)C(C)C)CC1.[HH].[HH]. The molecule has 0 saturated heterocycles. The number of carbonyl (C=O) groups is 3. The van der Waals surface area contributed by atoms with Gasteiger partial charge in [0.2, 0.25) is 11.8 Å². The predicted molar refractivity (Wildman–Crippen MR) is 112 cm³/mol. The molecule has 0 aromatic rings. The molecule has 0 radical (unpaired) electrons. The number of nitrogens with one attached hydrogen (secondary N) is 2. The quantitative estimate of drug-likeness (QED) is 0.462. The van der Waals surface area contributed by atoms with E-state index in [-0.39, 0.29) is 51.0 Å². The smallest absolute Gasteiger partial charge is 0.223 e. The van der Waals surface area contributed by atoms with Gasteiger partial charge in [0, 0.05) is 27.2 Å². The van der Waals surface area contributed by atoms with Crippen LogP contribution in [-0.4, -0.2) is 56.1 Å².